The fraction of sp³-hybridized carbons (Fsp3) is 0.0526. The molecule has 0 aliphatic rings. The van der Waals surface area contributed by atoms with E-state index in [1.807, 2.05) is 72.4 Å². The van der Waals surface area contributed by atoms with E-state index in [2.05, 4.69) is 4.72 Å². The molecule has 0 radical (unpaired) electrons. The number of hydrogen-bond acceptors (Lipinski definition) is 2. The predicted molar refractivity (Wildman–Crippen MR) is 98.5 cm³/mol. The van der Waals surface area contributed by atoms with Crippen LogP contribution in [0.1, 0.15) is 11.1 Å². The van der Waals surface area contributed by atoms with Crippen LogP contribution in [0.15, 0.2) is 78.5 Å². The van der Waals surface area contributed by atoms with Gasteiger partial charge in [0, 0.05) is 18.1 Å². The van der Waals surface area contributed by atoms with E-state index in [4.69, 9.17) is 0 Å². The van der Waals surface area contributed by atoms with Gasteiger partial charge in [-0.1, -0.05) is 35.9 Å². The normalized spacial score (nSPS) is 11.7. The molecule has 5 heteroatoms. The molecule has 0 aliphatic heterocycles. The first kappa shape index (κ1) is 16.1. The van der Waals surface area contributed by atoms with Crippen molar-refractivity contribution in [3.8, 4) is 5.69 Å². The molecule has 0 saturated carbocycles. The lowest BCUT2D eigenvalue weighted by Gasteiger charge is -2.08. The molecule has 0 spiro atoms. The lowest BCUT2D eigenvalue weighted by atomic mass is 10.2. The van der Waals surface area contributed by atoms with E-state index in [0.29, 0.717) is 5.69 Å². The lowest BCUT2D eigenvalue weighted by Crippen LogP contribution is -2.09. The van der Waals surface area contributed by atoms with Crippen LogP contribution < -0.4 is 4.72 Å². The van der Waals surface area contributed by atoms with Crippen LogP contribution in [0.5, 0.6) is 0 Å². The van der Waals surface area contributed by atoms with Crippen LogP contribution in [0, 0.1) is 6.92 Å². The van der Waals surface area contributed by atoms with Gasteiger partial charge in [0.25, 0.3) is 10.0 Å². The number of sulfonamides is 1. The summed E-state index contributed by atoms with van der Waals surface area (Å²) in [4.78, 5) is 0. The molecule has 3 aromatic rings. The van der Waals surface area contributed by atoms with Crippen LogP contribution in [0.3, 0.4) is 0 Å². The molecule has 0 saturated heterocycles. The molecule has 0 atom stereocenters. The van der Waals surface area contributed by atoms with Gasteiger partial charge in [0.05, 0.1) is 11.1 Å². The molecule has 4 nitrogen and oxygen atoms in total. The molecule has 24 heavy (non-hydrogen) atoms. The maximum absolute atomic E-state index is 12.2. The molecule has 0 unspecified atom stereocenters. The number of nitrogens with one attached hydrogen (secondary N) is 1. The molecule has 0 amide bonds. The first-order valence-electron chi connectivity index (χ1n) is 7.53. The van der Waals surface area contributed by atoms with Crippen molar-refractivity contribution in [1.82, 2.24) is 4.57 Å². The molecule has 1 heterocycles. The van der Waals surface area contributed by atoms with Gasteiger partial charge in [-0.3, -0.25) is 4.72 Å². The number of hydrogen-bond donors (Lipinski definition) is 1. The van der Waals surface area contributed by atoms with E-state index < -0.39 is 10.0 Å². The topological polar surface area (TPSA) is 51.1 Å². The third-order valence-corrected chi connectivity index (χ3v) is 4.54. The van der Waals surface area contributed by atoms with Crippen molar-refractivity contribution < 1.29 is 8.42 Å². The van der Waals surface area contributed by atoms with Gasteiger partial charge >= 0.3 is 0 Å². The second kappa shape index (κ2) is 6.76. The number of aromatic nitrogens is 1. The second-order valence-electron chi connectivity index (χ2n) is 5.50. The Morgan fingerprint density at radius 2 is 1.67 bits per heavy atom. The molecule has 122 valence electrons. The standard InChI is InChI=1S/C19H18N2O2S/c1-16-7-9-17(10-8-16)11-14-24(22,23)20-18-5-4-6-19(15-18)21-12-2-3-13-21/h2-15,20H,1H3/b14-11+. The zero-order valence-electron chi connectivity index (χ0n) is 13.3. The van der Waals surface area contributed by atoms with Crippen molar-refractivity contribution in [2.75, 3.05) is 4.72 Å². The third-order valence-electron chi connectivity index (χ3n) is 3.53. The molecule has 0 fully saturated rings. The summed E-state index contributed by atoms with van der Waals surface area (Å²) in [7, 11) is -3.57. The molecule has 1 aromatic heterocycles. The first-order chi connectivity index (χ1) is 11.5. The van der Waals surface area contributed by atoms with Crippen LogP contribution in [0.4, 0.5) is 5.69 Å². The van der Waals surface area contributed by atoms with Crippen molar-refractivity contribution in [2.24, 2.45) is 0 Å². The van der Waals surface area contributed by atoms with E-state index in [0.717, 1.165) is 16.8 Å². The van der Waals surface area contributed by atoms with Gasteiger partial charge in [0.15, 0.2) is 0 Å². The number of anilines is 1. The second-order valence-corrected chi connectivity index (χ2v) is 7.07. The zero-order valence-corrected chi connectivity index (χ0v) is 14.1. The first-order valence-corrected chi connectivity index (χ1v) is 9.07. The smallest absolute Gasteiger partial charge is 0.255 e. The summed E-state index contributed by atoms with van der Waals surface area (Å²) in [6, 6.07) is 18.7. The minimum absolute atomic E-state index is 0.523. The summed E-state index contributed by atoms with van der Waals surface area (Å²) < 4.78 is 29.0. The lowest BCUT2D eigenvalue weighted by molar-refractivity contribution is 0.609. The number of benzene rings is 2. The fourth-order valence-electron chi connectivity index (χ4n) is 2.28. The Kier molecular flexibility index (Phi) is 4.53. The average Bonchev–Trinajstić information content (AvgIpc) is 3.09. The summed E-state index contributed by atoms with van der Waals surface area (Å²) in [5, 5.41) is 1.18. The van der Waals surface area contributed by atoms with E-state index in [1.54, 1.807) is 18.2 Å². The van der Waals surface area contributed by atoms with Crippen molar-refractivity contribution in [3.63, 3.8) is 0 Å². The highest BCUT2D eigenvalue weighted by molar-refractivity contribution is 7.95. The summed E-state index contributed by atoms with van der Waals surface area (Å²) in [5.74, 6) is 0. The quantitative estimate of drug-likeness (QED) is 0.758. The third kappa shape index (κ3) is 4.14. The van der Waals surface area contributed by atoms with Gasteiger partial charge in [-0.25, -0.2) is 8.42 Å². The molecule has 2 aromatic carbocycles. The summed E-state index contributed by atoms with van der Waals surface area (Å²) in [6.07, 6.45) is 5.40. The van der Waals surface area contributed by atoms with Gasteiger partial charge < -0.3 is 4.57 Å². The highest BCUT2D eigenvalue weighted by atomic mass is 32.2. The maximum atomic E-state index is 12.2. The Morgan fingerprint density at radius 1 is 0.958 bits per heavy atom. The van der Waals surface area contributed by atoms with Gasteiger partial charge in [-0.2, -0.15) is 0 Å². The summed E-state index contributed by atoms with van der Waals surface area (Å²) in [5.41, 5.74) is 3.39. The Hall–Kier alpha value is -2.79. The summed E-state index contributed by atoms with van der Waals surface area (Å²) >= 11 is 0. The molecular weight excluding hydrogens is 320 g/mol. The Balaban J connectivity index is 1.77. The summed E-state index contributed by atoms with van der Waals surface area (Å²) in [6.45, 7) is 1.99. The van der Waals surface area contributed by atoms with Crippen LogP contribution in [0.2, 0.25) is 0 Å². The number of rotatable bonds is 5. The molecule has 3 rings (SSSR count). The minimum Gasteiger partial charge on any atom is -0.324 e. The SMILES string of the molecule is Cc1ccc(/C=C/S(=O)(=O)Nc2cccc(-n3cccc3)c2)cc1. The average molecular weight is 338 g/mol. The molecular formula is C19H18N2O2S. The van der Waals surface area contributed by atoms with E-state index in [1.165, 1.54) is 5.41 Å². The largest absolute Gasteiger partial charge is 0.324 e. The highest BCUT2D eigenvalue weighted by Crippen LogP contribution is 2.17. The van der Waals surface area contributed by atoms with Gasteiger partial charge in [-0.05, 0) is 48.9 Å². The van der Waals surface area contributed by atoms with Crippen LogP contribution in [-0.4, -0.2) is 13.0 Å². The van der Waals surface area contributed by atoms with Gasteiger partial charge in [0.2, 0.25) is 0 Å². The van der Waals surface area contributed by atoms with Crippen LogP contribution >= 0.6 is 0 Å². The predicted octanol–water partition coefficient (Wildman–Crippen LogP) is 4.20. The van der Waals surface area contributed by atoms with Gasteiger partial charge in [0.1, 0.15) is 0 Å². The molecule has 1 N–H and O–H groups in total. The fourth-order valence-corrected chi connectivity index (χ4v) is 3.14. The van der Waals surface area contributed by atoms with Crippen molar-refractivity contribution in [3.05, 3.63) is 89.6 Å². The molecule has 0 aliphatic carbocycles. The monoisotopic (exact) mass is 338 g/mol. The van der Waals surface area contributed by atoms with E-state index in [9.17, 15) is 8.42 Å². The minimum atomic E-state index is -3.57. The highest BCUT2D eigenvalue weighted by Gasteiger charge is 2.06. The molecule has 0 bridgehead atoms. The van der Waals surface area contributed by atoms with Crippen molar-refractivity contribution in [2.45, 2.75) is 6.92 Å². The maximum Gasteiger partial charge on any atom is 0.255 e. The van der Waals surface area contributed by atoms with Crippen LogP contribution in [-0.2, 0) is 10.0 Å². The number of nitrogens with zero attached hydrogens (tertiary/aromatic N) is 1. The van der Waals surface area contributed by atoms with E-state index in [-0.39, 0.29) is 0 Å². The van der Waals surface area contributed by atoms with Crippen molar-refractivity contribution in [1.29, 1.82) is 0 Å². The number of aryl methyl sites for hydroxylation is 1. The van der Waals surface area contributed by atoms with Crippen molar-refractivity contribution >= 4 is 21.8 Å². The van der Waals surface area contributed by atoms with Crippen LogP contribution in [0.25, 0.3) is 11.8 Å². The van der Waals surface area contributed by atoms with Gasteiger partial charge in [-0.15, -0.1) is 0 Å². The Labute approximate surface area is 142 Å². The Morgan fingerprint density at radius 3 is 2.38 bits per heavy atom. The van der Waals surface area contributed by atoms with E-state index >= 15 is 0 Å². The Bertz CT molecular complexity index is 941. The zero-order chi connectivity index (χ0) is 17.0.